The molecule has 0 atom stereocenters. The number of hydrogen-bond donors (Lipinski definition) is 1. The van der Waals surface area contributed by atoms with E-state index < -0.39 is 0 Å². The van der Waals surface area contributed by atoms with E-state index in [1.54, 1.807) is 10.9 Å². The largest absolute Gasteiger partial charge is 0.346 e. The van der Waals surface area contributed by atoms with Crippen LogP contribution in [0.2, 0.25) is 0 Å². The van der Waals surface area contributed by atoms with Crippen LogP contribution in [-0.2, 0) is 13.6 Å². The van der Waals surface area contributed by atoms with E-state index in [0.29, 0.717) is 12.2 Å². The van der Waals surface area contributed by atoms with Gasteiger partial charge >= 0.3 is 0 Å². The highest BCUT2D eigenvalue weighted by atomic mass is 32.1. The molecule has 2 heterocycles. The molecule has 0 aliphatic heterocycles. The molecule has 2 rings (SSSR count). The maximum atomic E-state index is 11.5. The number of nitrogens with one attached hydrogen (secondary N) is 1. The van der Waals surface area contributed by atoms with Gasteiger partial charge in [0, 0.05) is 25.4 Å². The summed E-state index contributed by atoms with van der Waals surface area (Å²) in [5, 5.41) is 6.72. The lowest BCUT2D eigenvalue weighted by Gasteiger charge is -1.99. The predicted octanol–water partition coefficient (Wildman–Crippen LogP) is 0.202. The first kappa shape index (κ1) is 9.78. The first-order valence-corrected chi connectivity index (χ1v) is 5.02. The Morgan fingerprint density at radius 3 is 3.07 bits per heavy atom. The van der Waals surface area contributed by atoms with Crippen LogP contribution < -0.4 is 5.32 Å². The molecule has 0 spiro atoms. The first-order valence-electron chi connectivity index (χ1n) is 4.29. The molecular weight excluding hydrogens is 214 g/mol. The van der Waals surface area contributed by atoms with E-state index in [4.69, 9.17) is 0 Å². The molecule has 0 fully saturated rings. The SMILES string of the molecule is Cn1cc(CNC(=O)c2cnsn2)cn1. The van der Waals surface area contributed by atoms with Crippen LogP contribution in [0.25, 0.3) is 0 Å². The van der Waals surface area contributed by atoms with Gasteiger partial charge in [-0.2, -0.15) is 13.8 Å². The second kappa shape index (κ2) is 4.18. The third-order valence-corrected chi connectivity index (χ3v) is 2.28. The molecule has 0 unspecified atom stereocenters. The second-order valence-electron chi connectivity index (χ2n) is 3.00. The van der Waals surface area contributed by atoms with E-state index in [1.807, 2.05) is 13.2 Å². The Kier molecular flexibility index (Phi) is 2.72. The average Bonchev–Trinajstić information content (AvgIpc) is 2.84. The van der Waals surface area contributed by atoms with Crippen molar-refractivity contribution in [2.75, 3.05) is 0 Å². The summed E-state index contributed by atoms with van der Waals surface area (Å²) in [6.07, 6.45) is 5.00. The molecule has 2 aromatic heterocycles. The number of hydrogen-bond acceptors (Lipinski definition) is 5. The highest BCUT2D eigenvalue weighted by molar-refractivity contribution is 6.99. The van der Waals surface area contributed by atoms with Gasteiger partial charge < -0.3 is 5.32 Å². The molecule has 0 bridgehead atoms. The zero-order chi connectivity index (χ0) is 10.7. The zero-order valence-electron chi connectivity index (χ0n) is 8.04. The number of aromatic nitrogens is 4. The van der Waals surface area contributed by atoms with Gasteiger partial charge in [0.2, 0.25) is 0 Å². The van der Waals surface area contributed by atoms with Gasteiger partial charge in [-0.3, -0.25) is 9.48 Å². The standard InChI is InChI=1S/C8H9N5OS/c1-13-5-6(3-10-13)2-9-8(14)7-4-11-15-12-7/h3-5H,2H2,1H3,(H,9,14). The minimum absolute atomic E-state index is 0.215. The van der Waals surface area contributed by atoms with Gasteiger partial charge in [-0.05, 0) is 0 Å². The summed E-state index contributed by atoms with van der Waals surface area (Å²) in [6, 6.07) is 0. The van der Waals surface area contributed by atoms with Crippen molar-refractivity contribution >= 4 is 17.6 Å². The Hall–Kier alpha value is -1.76. The van der Waals surface area contributed by atoms with Crippen LogP contribution in [0.15, 0.2) is 18.6 Å². The number of amides is 1. The molecule has 0 saturated carbocycles. The number of carbonyl (C=O) groups excluding carboxylic acids is 1. The summed E-state index contributed by atoms with van der Waals surface area (Å²) in [5.74, 6) is -0.215. The predicted molar refractivity (Wildman–Crippen MR) is 54.3 cm³/mol. The third kappa shape index (κ3) is 2.38. The Bertz CT molecular complexity index is 449. The van der Waals surface area contributed by atoms with Crippen LogP contribution in [0.5, 0.6) is 0 Å². The van der Waals surface area contributed by atoms with Crippen LogP contribution in [0.1, 0.15) is 16.1 Å². The highest BCUT2D eigenvalue weighted by Gasteiger charge is 2.07. The Morgan fingerprint density at radius 1 is 1.60 bits per heavy atom. The fourth-order valence-corrected chi connectivity index (χ4v) is 1.51. The van der Waals surface area contributed by atoms with Crippen molar-refractivity contribution in [3.63, 3.8) is 0 Å². The number of nitrogens with zero attached hydrogens (tertiary/aromatic N) is 4. The van der Waals surface area contributed by atoms with Gasteiger partial charge in [-0.15, -0.1) is 0 Å². The van der Waals surface area contributed by atoms with Crippen LogP contribution in [0, 0.1) is 0 Å². The Morgan fingerprint density at radius 2 is 2.47 bits per heavy atom. The minimum atomic E-state index is -0.215. The zero-order valence-corrected chi connectivity index (χ0v) is 8.86. The van der Waals surface area contributed by atoms with Crippen molar-refractivity contribution in [3.8, 4) is 0 Å². The molecule has 0 aromatic carbocycles. The second-order valence-corrected chi connectivity index (χ2v) is 3.55. The number of carbonyl (C=O) groups is 1. The van der Waals surface area contributed by atoms with Crippen molar-refractivity contribution in [1.82, 2.24) is 23.8 Å². The molecule has 0 aliphatic rings. The van der Waals surface area contributed by atoms with Crippen LogP contribution >= 0.6 is 11.7 Å². The molecule has 0 aliphatic carbocycles. The molecular formula is C8H9N5OS. The van der Waals surface area contributed by atoms with Gasteiger partial charge in [-0.1, -0.05) is 0 Å². The highest BCUT2D eigenvalue weighted by Crippen LogP contribution is 1.98. The lowest BCUT2D eigenvalue weighted by molar-refractivity contribution is 0.0947. The van der Waals surface area contributed by atoms with Crippen molar-refractivity contribution in [2.24, 2.45) is 7.05 Å². The molecule has 0 saturated heterocycles. The Balaban J connectivity index is 1.91. The number of rotatable bonds is 3. The average molecular weight is 223 g/mol. The van der Waals surface area contributed by atoms with E-state index in [1.165, 1.54) is 6.20 Å². The van der Waals surface area contributed by atoms with Crippen molar-refractivity contribution in [3.05, 3.63) is 29.8 Å². The van der Waals surface area contributed by atoms with Crippen molar-refractivity contribution in [2.45, 2.75) is 6.54 Å². The molecule has 6 nitrogen and oxygen atoms in total. The summed E-state index contributed by atoms with van der Waals surface area (Å²) in [6.45, 7) is 0.449. The van der Waals surface area contributed by atoms with E-state index in [0.717, 1.165) is 17.3 Å². The van der Waals surface area contributed by atoms with Crippen LogP contribution in [-0.4, -0.2) is 24.4 Å². The van der Waals surface area contributed by atoms with Gasteiger partial charge in [0.1, 0.15) is 0 Å². The van der Waals surface area contributed by atoms with Crippen molar-refractivity contribution < 1.29 is 4.79 Å². The van der Waals surface area contributed by atoms with Crippen LogP contribution in [0.3, 0.4) is 0 Å². The molecule has 2 aromatic rings. The van der Waals surface area contributed by atoms with Gasteiger partial charge in [0.05, 0.1) is 24.1 Å². The minimum Gasteiger partial charge on any atom is -0.346 e. The molecule has 78 valence electrons. The third-order valence-electron chi connectivity index (χ3n) is 1.81. The smallest absolute Gasteiger partial charge is 0.272 e. The van der Waals surface area contributed by atoms with Gasteiger partial charge in [0.15, 0.2) is 5.69 Å². The fourth-order valence-electron chi connectivity index (χ4n) is 1.10. The van der Waals surface area contributed by atoms with E-state index in [-0.39, 0.29) is 5.91 Å². The summed E-state index contributed by atoms with van der Waals surface area (Å²) < 4.78 is 9.27. The first-order chi connectivity index (χ1) is 7.25. The van der Waals surface area contributed by atoms with Crippen molar-refractivity contribution in [1.29, 1.82) is 0 Å². The maximum Gasteiger partial charge on any atom is 0.272 e. The van der Waals surface area contributed by atoms with E-state index in [2.05, 4.69) is 19.2 Å². The van der Waals surface area contributed by atoms with E-state index in [9.17, 15) is 4.79 Å². The quantitative estimate of drug-likeness (QED) is 0.806. The fraction of sp³-hybridized carbons (Fsp3) is 0.250. The van der Waals surface area contributed by atoms with Gasteiger partial charge in [0.25, 0.3) is 5.91 Å². The molecule has 1 amide bonds. The van der Waals surface area contributed by atoms with E-state index >= 15 is 0 Å². The molecule has 15 heavy (non-hydrogen) atoms. The summed E-state index contributed by atoms with van der Waals surface area (Å²) >= 11 is 1.02. The molecule has 7 heteroatoms. The topological polar surface area (TPSA) is 72.7 Å². The lowest BCUT2D eigenvalue weighted by atomic mass is 10.3. The monoisotopic (exact) mass is 223 g/mol. The molecule has 1 N–H and O–H groups in total. The lowest BCUT2D eigenvalue weighted by Crippen LogP contribution is -2.22. The van der Waals surface area contributed by atoms with Crippen LogP contribution in [0.4, 0.5) is 0 Å². The summed E-state index contributed by atoms with van der Waals surface area (Å²) in [4.78, 5) is 11.5. The number of aryl methyl sites for hydroxylation is 1. The summed E-state index contributed by atoms with van der Waals surface area (Å²) in [5.41, 5.74) is 1.30. The molecule has 0 radical (unpaired) electrons. The maximum absolute atomic E-state index is 11.5. The Labute approximate surface area is 90.3 Å². The van der Waals surface area contributed by atoms with Gasteiger partial charge in [-0.25, -0.2) is 0 Å². The summed E-state index contributed by atoms with van der Waals surface area (Å²) in [7, 11) is 1.83. The normalized spacial score (nSPS) is 10.2.